The lowest BCUT2D eigenvalue weighted by atomic mass is 10.1. The third-order valence-corrected chi connectivity index (χ3v) is 4.57. The number of aromatic nitrogens is 1. The van der Waals surface area contributed by atoms with E-state index < -0.39 is 5.97 Å². The molecule has 0 atom stereocenters. The summed E-state index contributed by atoms with van der Waals surface area (Å²) >= 11 is 6.13. The van der Waals surface area contributed by atoms with Gasteiger partial charge in [-0.25, -0.2) is 4.79 Å². The van der Waals surface area contributed by atoms with Gasteiger partial charge in [-0.1, -0.05) is 48.0 Å². The van der Waals surface area contributed by atoms with E-state index in [9.17, 15) is 14.7 Å². The van der Waals surface area contributed by atoms with Gasteiger partial charge in [-0.15, -0.1) is 0 Å². The van der Waals surface area contributed by atoms with E-state index in [1.54, 1.807) is 34.9 Å². The van der Waals surface area contributed by atoms with Gasteiger partial charge in [-0.2, -0.15) is 0 Å². The minimum atomic E-state index is -1.05. The van der Waals surface area contributed by atoms with Gasteiger partial charge in [-0.3, -0.25) is 4.79 Å². The summed E-state index contributed by atoms with van der Waals surface area (Å²) in [4.78, 5) is 23.3. The van der Waals surface area contributed by atoms with Crippen LogP contribution >= 0.6 is 11.6 Å². The highest BCUT2D eigenvalue weighted by atomic mass is 35.5. The van der Waals surface area contributed by atoms with Crippen LogP contribution < -0.4 is 0 Å². The maximum absolute atomic E-state index is 11.7. The molecular weight excluding hydrogens is 338 g/mol. The van der Waals surface area contributed by atoms with Crippen LogP contribution in [0.2, 0.25) is 5.02 Å². The minimum absolute atomic E-state index is 0.0724. The molecule has 5 heteroatoms. The number of aliphatic carboxylic acids is 1. The van der Waals surface area contributed by atoms with Crippen molar-refractivity contribution in [2.45, 2.75) is 13.5 Å². The molecule has 0 unspecified atom stereocenters. The fourth-order valence-corrected chi connectivity index (χ4v) is 3.13. The highest BCUT2D eigenvalue weighted by molar-refractivity contribution is 6.32. The molecule has 1 aromatic heterocycles. The standard InChI is InChI=1S/C20H16ClNO3/c1-13-16-7-3-5-9-18(16)22(19(13)12-23)11-15(20(24)25)10-14-6-2-4-8-17(14)21/h2-10,12H,11H2,1H3,(H,24,25)/b15-10+. The van der Waals surface area contributed by atoms with E-state index >= 15 is 0 Å². The first-order valence-electron chi connectivity index (χ1n) is 7.74. The highest BCUT2D eigenvalue weighted by Gasteiger charge is 2.17. The normalized spacial score (nSPS) is 11.7. The van der Waals surface area contributed by atoms with Crippen molar-refractivity contribution in [1.82, 2.24) is 4.57 Å². The Morgan fingerprint density at radius 2 is 1.84 bits per heavy atom. The molecule has 0 fully saturated rings. The molecule has 0 saturated heterocycles. The monoisotopic (exact) mass is 353 g/mol. The van der Waals surface area contributed by atoms with Crippen LogP contribution in [0.25, 0.3) is 17.0 Å². The smallest absolute Gasteiger partial charge is 0.333 e. The van der Waals surface area contributed by atoms with Gasteiger partial charge in [0.15, 0.2) is 6.29 Å². The van der Waals surface area contributed by atoms with Gasteiger partial charge in [0.2, 0.25) is 0 Å². The fraction of sp³-hybridized carbons (Fsp3) is 0.100. The molecule has 0 aliphatic rings. The van der Waals surface area contributed by atoms with Crippen molar-refractivity contribution in [2.24, 2.45) is 0 Å². The zero-order chi connectivity index (χ0) is 18.0. The second-order valence-electron chi connectivity index (χ2n) is 5.73. The molecule has 4 nitrogen and oxygen atoms in total. The summed E-state index contributed by atoms with van der Waals surface area (Å²) in [5, 5.41) is 11.0. The second-order valence-corrected chi connectivity index (χ2v) is 6.13. The van der Waals surface area contributed by atoms with E-state index in [1.807, 2.05) is 31.2 Å². The molecule has 0 bridgehead atoms. The number of hydrogen-bond donors (Lipinski definition) is 1. The summed E-state index contributed by atoms with van der Waals surface area (Å²) in [5.41, 5.74) is 2.92. The van der Waals surface area contributed by atoms with Crippen LogP contribution in [0.15, 0.2) is 54.1 Å². The maximum atomic E-state index is 11.7. The SMILES string of the molecule is Cc1c(C=O)n(C/C(=C\c2ccccc2Cl)C(=O)O)c2ccccc12. The van der Waals surface area contributed by atoms with Gasteiger partial charge in [-0.05, 0) is 36.3 Å². The molecule has 0 aliphatic heterocycles. The van der Waals surface area contributed by atoms with E-state index in [-0.39, 0.29) is 12.1 Å². The number of para-hydroxylation sites is 1. The first-order valence-corrected chi connectivity index (χ1v) is 8.12. The molecular formula is C20H16ClNO3. The van der Waals surface area contributed by atoms with Crippen molar-refractivity contribution in [1.29, 1.82) is 0 Å². The number of carbonyl (C=O) groups excluding carboxylic acids is 1. The van der Waals surface area contributed by atoms with Gasteiger partial charge in [0, 0.05) is 15.9 Å². The van der Waals surface area contributed by atoms with Crippen LogP contribution in [-0.2, 0) is 11.3 Å². The topological polar surface area (TPSA) is 59.3 Å². The molecule has 0 saturated carbocycles. The van der Waals surface area contributed by atoms with Gasteiger partial charge in [0.05, 0.1) is 17.8 Å². The predicted octanol–water partition coefficient (Wildman–Crippen LogP) is 4.58. The second kappa shape index (κ2) is 6.95. The molecule has 0 amide bonds. The maximum Gasteiger partial charge on any atom is 0.333 e. The van der Waals surface area contributed by atoms with Crippen molar-refractivity contribution < 1.29 is 14.7 Å². The Morgan fingerprint density at radius 3 is 2.52 bits per heavy atom. The molecule has 2 aromatic carbocycles. The molecule has 25 heavy (non-hydrogen) atoms. The summed E-state index contributed by atoms with van der Waals surface area (Å²) in [5.74, 6) is -1.05. The van der Waals surface area contributed by atoms with Gasteiger partial charge >= 0.3 is 5.97 Å². The average molecular weight is 354 g/mol. The van der Waals surface area contributed by atoms with Crippen molar-refractivity contribution in [3.8, 4) is 0 Å². The molecule has 3 rings (SSSR count). The van der Waals surface area contributed by atoms with Crippen LogP contribution in [0.4, 0.5) is 0 Å². The number of hydrogen-bond acceptors (Lipinski definition) is 2. The molecule has 3 aromatic rings. The van der Waals surface area contributed by atoms with Crippen molar-refractivity contribution >= 4 is 40.8 Å². The molecule has 1 heterocycles. The Balaban J connectivity index is 2.14. The van der Waals surface area contributed by atoms with Crippen molar-refractivity contribution in [3.05, 3.63) is 75.9 Å². The minimum Gasteiger partial charge on any atom is -0.478 e. The number of carboxylic acid groups (broad SMARTS) is 1. The molecule has 0 radical (unpaired) electrons. The van der Waals surface area contributed by atoms with Crippen molar-refractivity contribution in [2.75, 3.05) is 0 Å². The number of rotatable bonds is 5. The molecule has 0 aliphatic carbocycles. The van der Waals surface area contributed by atoms with Crippen LogP contribution in [0.1, 0.15) is 21.6 Å². The summed E-state index contributed by atoms with van der Waals surface area (Å²) in [6.45, 7) is 1.93. The van der Waals surface area contributed by atoms with Gasteiger partial charge < -0.3 is 9.67 Å². The number of carboxylic acids is 1. The number of aryl methyl sites for hydroxylation is 1. The number of halogens is 1. The zero-order valence-electron chi connectivity index (χ0n) is 13.6. The van der Waals surface area contributed by atoms with Crippen LogP contribution in [0.3, 0.4) is 0 Å². The molecule has 1 N–H and O–H groups in total. The van der Waals surface area contributed by atoms with Gasteiger partial charge in [0.1, 0.15) is 0 Å². The lowest BCUT2D eigenvalue weighted by Crippen LogP contribution is -2.11. The third-order valence-electron chi connectivity index (χ3n) is 4.22. The van der Waals surface area contributed by atoms with E-state index in [0.29, 0.717) is 16.3 Å². The first-order chi connectivity index (χ1) is 12.0. The van der Waals surface area contributed by atoms with Crippen LogP contribution in [0.5, 0.6) is 0 Å². The van der Waals surface area contributed by atoms with E-state index in [2.05, 4.69) is 0 Å². The molecule has 0 spiro atoms. The summed E-state index contributed by atoms with van der Waals surface area (Å²) in [6.07, 6.45) is 2.31. The quantitative estimate of drug-likeness (QED) is 0.539. The number of aldehydes is 1. The summed E-state index contributed by atoms with van der Waals surface area (Å²) in [7, 11) is 0. The summed E-state index contributed by atoms with van der Waals surface area (Å²) in [6, 6.07) is 14.6. The lowest BCUT2D eigenvalue weighted by molar-refractivity contribution is -0.132. The number of carbonyl (C=O) groups is 2. The van der Waals surface area contributed by atoms with Crippen molar-refractivity contribution in [3.63, 3.8) is 0 Å². The summed E-state index contributed by atoms with van der Waals surface area (Å²) < 4.78 is 1.73. The number of fused-ring (bicyclic) bond motifs is 1. The Kier molecular flexibility index (Phi) is 4.72. The number of benzene rings is 2. The third kappa shape index (κ3) is 3.21. The van der Waals surface area contributed by atoms with E-state index in [4.69, 9.17) is 11.6 Å². The number of nitrogens with zero attached hydrogens (tertiary/aromatic N) is 1. The lowest BCUT2D eigenvalue weighted by Gasteiger charge is -2.09. The Labute approximate surface area is 150 Å². The average Bonchev–Trinajstić information content (AvgIpc) is 2.88. The predicted molar refractivity (Wildman–Crippen MR) is 99.1 cm³/mol. The Hall–Kier alpha value is -2.85. The molecule has 126 valence electrons. The van der Waals surface area contributed by atoms with E-state index in [0.717, 1.165) is 22.8 Å². The van der Waals surface area contributed by atoms with Gasteiger partial charge in [0.25, 0.3) is 0 Å². The van der Waals surface area contributed by atoms with Crippen LogP contribution in [0, 0.1) is 6.92 Å². The Morgan fingerprint density at radius 1 is 1.16 bits per heavy atom. The zero-order valence-corrected chi connectivity index (χ0v) is 14.3. The Bertz CT molecular complexity index is 1000. The van der Waals surface area contributed by atoms with Crippen LogP contribution in [-0.4, -0.2) is 21.9 Å². The highest BCUT2D eigenvalue weighted by Crippen LogP contribution is 2.26. The largest absolute Gasteiger partial charge is 0.478 e. The fourth-order valence-electron chi connectivity index (χ4n) is 2.94. The first kappa shape index (κ1) is 17.0. The van der Waals surface area contributed by atoms with E-state index in [1.165, 1.54) is 0 Å².